The molecule has 0 aromatic heterocycles. The first-order valence-corrected chi connectivity index (χ1v) is 6.03. The molecule has 18 heavy (non-hydrogen) atoms. The van der Waals surface area contributed by atoms with Gasteiger partial charge in [0.1, 0.15) is 11.6 Å². The standard InChI is InChI=1S/C12H22N2O4/c1-12(2,3)18-11(16)14-7-8(13-4)6-9(14)10(15)17-5/h8-9,13H,6-7H2,1-5H3/t8-,9-/m1/s1. The van der Waals surface area contributed by atoms with Gasteiger partial charge in [0.15, 0.2) is 0 Å². The van der Waals surface area contributed by atoms with Crippen LogP contribution in [0, 0.1) is 0 Å². The SMILES string of the molecule is CN[C@@H]1C[C@H](C(=O)OC)N(C(=O)OC(C)(C)C)C1. The molecule has 1 rings (SSSR count). The molecule has 0 aliphatic carbocycles. The van der Waals surface area contributed by atoms with Gasteiger partial charge in [-0.1, -0.05) is 0 Å². The van der Waals surface area contributed by atoms with E-state index < -0.39 is 23.7 Å². The zero-order valence-corrected chi connectivity index (χ0v) is 11.6. The number of nitrogens with zero attached hydrogens (tertiary/aromatic N) is 1. The van der Waals surface area contributed by atoms with Gasteiger partial charge < -0.3 is 14.8 Å². The largest absolute Gasteiger partial charge is 0.467 e. The molecule has 2 atom stereocenters. The summed E-state index contributed by atoms with van der Waals surface area (Å²) in [4.78, 5) is 25.1. The Balaban J connectivity index is 2.77. The lowest BCUT2D eigenvalue weighted by Gasteiger charge is -2.27. The topological polar surface area (TPSA) is 67.9 Å². The van der Waals surface area contributed by atoms with E-state index in [-0.39, 0.29) is 6.04 Å². The second-order valence-corrected chi connectivity index (χ2v) is 5.39. The third kappa shape index (κ3) is 3.60. The molecular weight excluding hydrogens is 236 g/mol. The minimum absolute atomic E-state index is 0.0848. The van der Waals surface area contributed by atoms with Crippen LogP contribution >= 0.6 is 0 Å². The Labute approximate surface area is 108 Å². The number of nitrogens with one attached hydrogen (secondary N) is 1. The average molecular weight is 258 g/mol. The van der Waals surface area contributed by atoms with Crippen molar-refractivity contribution in [2.45, 2.75) is 44.9 Å². The van der Waals surface area contributed by atoms with Crippen LogP contribution in [0.25, 0.3) is 0 Å². The molecule has 0 aromatic carbocycles. The number of ether oxygens (including phenoxy) is 2. The van der Waals surface area contributed by atoms with Crippen molar-refractivity contribution in [3.8, 4) is 0 Å². The fourth-order valence-electron chi connectivity index (χ4n) is 1.93. The number of carbonyl (C=O) groups is 2. The molecule has 1 aliphatic rings. The third-order valence-corrected chi connectivity index (χ3v) is 2.81. The number of likely N-dealkylation sites (N-methyl/N-ethyl adjacent to an activating group) is 1. The number of hydrogen-bond donors (Lipinski definition) is 1. The third-order valence-electron chi connectivity index (χ3n) is 2.81. The molecular formula is C12H22N2O4. The van der Waals surface area contributed by atoms with Gasteiger partial charge >= 0.3 is 12.1 Å². The molecule has 0 radical (unpaired) electrons. The van der Waals surface area contributed by atoms with Crippen LogP contribution in [0.4, 0.5) is 4.79 Å². The van der Waals surface area contributed by atoms with Crippen molar-refractivity contribution in [3.63, 3.8) is 0 Å². The zero-order chi connectivity index (χ0) is 13.9. The normalized spacial score (nSPS) is 23.9. The number of likely N-dealkylation sites (tertiary alicyclic amines) is 1. The Morgan fingerprint density at radius 1 is 1.33 bits per heavy atom. The van der Waals surface area contributed by atoms with Crippen molar-refractivity contribution >= 4 is 12.1 Å². The molecule has 1 aliphatic heterocycles. The van der Waals surface area contributed by atoms with Gasteiger partial charge in [0, 0.05) is 12.6 Å². The Hall–Kier alpha value is -1.30. The maximum absolute atomic E-state index is 12.0. The van der Waals surface area contributed by atoms with Crippen LogP contribution < -0.4 is 5.32 Å². The molecule has 1 N–H and O–H groups in total. The van der Waals surface area contributed by atoms with E-state index in [1.54, 1.807) is 27.8 Å². The number of methoxy groups -OCH3 is 1. The summed E-state index contributed by atoms with van der Waals surface area (Å²) in [6.07, 6.45) is 0.0678. The fraction of sp³-hybridized carbons (Fsp3) is 0.833. The highest BCUT2D eigenvalue weighted by Gasteiger charge is 2.41. The maximum atomic E-state index is 12.0. The summed E-state index contributed by atoms with van der Waals surface area (Å²) in [5.74, 6) is -0.404. The van der Waals surface area contributed by atoms with Gasteiger partial charge in [-0.2, -0.15) is 0 Å². The van der Waals surface area contributed by atoms with Gasteiger partial charge in [0.05, 0.1) is 7.11 Å². The van der Waals surface area contributed by atoms with Crippen LogP contribution in [0.1, 0.15) is 27.2 Å². The lowest BCUT2D eigenvalue weighted by molar-refractivity contribution is -0.145. The number of esters is 1. The summed E-state index contributed by atoms with van der Waals surface area (Å²) in [5, 5.41) is 3.06. The quantitative estimate of drug-likeness (QED) is 0.740. The van der Waals surface area contributed by atoms with Crippen LogP contribution in [0.2, 0.25) is 0 Å². The highest BCUT2D eigenvalue weighted by Crippen LogP contribution is 2.22. The molecule has 0 bridgehead atoms. The lowest BCUT2D eigenvalue weighted by atomic mass is 10.2. The van der Waals surface area contributed by atoms with E-state index in [1.165, 1.54) is 12.0 Å². The minimum Gasteiger partial charge on any atom is -0.467 e. The van der Waals surface area contributed by atoms with Gasteiger partial charge in [-0.3, -0.25) is 4.90 Å². The van der Waals surface area contributed by atoms with E-state index in [4.69, 9.17) is 9.47 Å². The van der Waals surface area contributed by atoms with Crippen LogP contribution in [-0.4, -0.2) is 55.3 Å². The smallest absolute Gasteiger partial charge is 0.411 e. The predicted molar refractivity (Wildman–Crippen MR) is 66.2 cm³/mol. The average Bonchev–Trinajstić information content (AvgIpc) is 2.69. The molecule has 1 heterocycles. The summed E-state index contributed by atoms with van der Waals surface area (Å²) >= 11 is 0. The van der Waals surface area contributed by atoms with Crippen LogP contribution in [0.15, 0.2) is 0 Å². The van der Waals surface area contributed by atoms with E-state index >= 15 is 0 Å². The molecule has 1 saturated heterocycles. The van der Waals surface area contributed by atoms with Crippen LogP contribution in [0.5, 0.6) is 0 Å². The van der Waals surface area contributed by atoms with E-state index in [0.29, 0.717) is 13.0 Å². The lowest BCUT2D eigenvalue weighted by Crippen LogP contribution is -2.44. The number of hydrogen-bond acceptors (Lipinski definition) is 5. The monoisotopic (exact) mass is 258 g/mol. The first-order valence-electron chi connectivity index (χ1n) is 6.03. The van der Waals surface area contributed by atoms with Gasteiger partial charge in [-0.15, -0.1) is 0 Å². The van der Waals surface area contributed by atoms with Crippen LogP contribution in [0.3, 0.4) is 0 Å². The highest BCUT2D eigenvalue weighted by molar-refractivity contribution is 5.82. The van der Waals surface area contributed by atoms with E-state index in [9.17, 15) is 9.59 Å². The molecule has 1 amide bonds. The number of carbonyl (C=O) groups excluding carboxylic acids is 2. The van der Waals surface area contributed by atoms with E-state index in [0.717, 1.165) is 0 Å². The molecule has 1 fully saturated rings. The highest BCUT2D eigenvalue weighted by atomic mass is 16.6. The molecule has 0 aromatic rings. The second kappa shape index (κ2) is 5.56. The van der Waals surface area contributed by atoms with Crippen LogP contribution in [-0.2, 0) is 14.3 Å². The first-order chi connectivity index (χ1) is 8.28. The number of rotatable bonds is 2. The molecule has 0 saturated carbocycles. The summed E-state index contributed by atoms with van der Waals surface area (Å²) in [7, 11) is 3.12. The van der Waals surface area contributed by atoms with Gasteiger partial charge in [0.25, 0.3) is 0 Å². The molecule has 6 nitrogen and oxygen atoms in total. The van der Waals surface area contributed by atoms with Crippen molar-refractivity contribution in [1.29, 1.82) is 0 Å². The molecule has 0 unspecified atom stereocenters. The van der Waals surface area contributed by atoms with E-state index in [1.807, 2.05) is 0 Å². The first kappa shape index (κ1) is 14.8. The molecule has 104 valence electrons. The number of amides is 1. The summed E-state index contributed by atoms with van der Waals surface area (Å²) in [6.45, 7) is 5.84. The minimum atomic E-state index is -0.574. The molecule has 0 spiro atoms. The van der Waals surface area contributed by atoms with Crippen molar-refractivity contribution in [3.05, 3.63) is 0 Å². The summed E-state index contributed by atoms with van der Waals surface area (Å²) in [5.41, 5.74) is -0.574. The van der Waals surface area contributed by atoms with E-state index in [2.05, 4.69) is 5.32 Å². The van der Waals surface area contributed by atoms with Crippen molar-refractivity contribution in [1.82, 2.24) is 10.2 Å². The van der Waals surface area contributed by atoms with Gasteiger partial charge in [-0.25, -0.2) is 9.59 Å². The van der Waals surface area contributed by atoms with Crippen molar-refractivity contribution in [2.24, 2.45) is 0 Å². The zero-order valence-electron chi connectivity index (χ0n) is 11.6. The summed E-state index contributed by atoms with van der Waals surface area (Å²) < 4.78 is 10.0. The Morgan fingerprint density at radius 3 is 2.39 bits per heavy atom. The van der Waals surface area contributed by atoms with Gasteiger partial charge in [-0.05, 0) is 34.2 Å². The van der Waals surface area contributed by atoms with Gasteiger partial charge in [0.2, 0.25) is 0 Å². The molecule has 6 heteroatoms. The second-order valence-electron chi connectivity index (χ2n) is 5.39. The fourth-order valence-corrected chi connectivity index (χ4v) is 1.93. The predicted octanol–water partition coefficient (Wildman–Crippen LogP) is 0.757. The summed E-state index contributed by atoms with van der Waals surface area (Å²) in [6, 6.07) is -0.482. The van der Waals surface area contributed by atoms with Crippen molar-refractivity contribution < 1.29 is 19.1 Å². The van der Waals surface area contributed by atoms with Crippen molar-refractivity contribution in [2.75, 3.05) is 20.7 Å². The Bertz CT molecular complexity index is 325. The Morgan fingerprint density at radius 2 is 1.94 bits per heavy atom. The maximum Gasteiger partial charge on any atom is 0.411 e. The Kier molecular flexibility index (Phi) is 4.56.